The molecule has 0 amide bonds. The normalized spacial score (nSPS) is 11.6. The first kappa shape index (κ1) is 21.8. The van der Waals surface area contributed by atoms with Crippen LogP contribution in [0.3, 0.4) is 0 Å². The molecule has 0 unspecified atom stereocenters. The second-order valence-corrected chi connectivity index (χ2v) is 8.41. The van der Waals surface area contributed by atoms with Crippen LogP contribution in [0.1, 0.15) is 38.2 Å². The Morgan fingerprint density at radius 1 is 0.900 bits per heavy atom. The van der Waals surface area contributed by atoms with Gasteiger partial charge in [0, 0.05) is 0 Å². The molecule has 0 bridgehead atoms. The molecule has 0 aliphatic carbocycles. The highest BCUT2D eigenvalue weighted by molar-refractivity contribution is 7.85. The lowest BCUT2D eigenvalue weighted by Crippen LogP contribution is -2.17. The molecule has 0 atom stereocenters. The lowest BCUT2D eigenvalue weighted by atomic mass is 9.94. The molecular formula is C23H24O6S. The van der Waals surface area contributed by atoms with Gasteiger partial charge < -0.3 is 9.47 Å². The maximum absolute atomic E-state index is 12.1. The predicted molar refractivity (Wildman–Crippen MR) is 115 cm³/mol. The van der Waals surface area contributed by atoms with Gasteiger partial charge in [-0.3, -0.25) is 4.55 Å². The summed E-state index contributed by atoms with van der Waals surface area (Å²) in [6.45, 7) is 4.09. The Hall–Kier alpha value is -2.90. The van der Waals surface area contributed by atoms with Crippen molar-refractivity contribution < 1.29 is 27.2 Å². The van der Waals surface area contributed by atoms with Gasteiger partial charge in [-0.1, -0.05) is 38.1 Å². The van der Waals surface area contributed by atoms with E-state index < -0.39 is 16.1 Å². The van der Waals surface area contributed by atoms with Crippen LogP contribution < -0.4 is 9.47 Å². The molecule has 0 radical (unpaired) electrons. The van der Waals surface area contributed by atoms with Crippen molar-refractivity contribution in [2.24, 2.45) is 0 Å². The van der Waals surface area contributed by atoms with Crippen molar-refractivity contribution in [3.63, 3.8) is 0 Å². The van der Waals surface area contributed by atoms with Gasteiger partial charge in [-0.05, 0) is 71.5 Å². The molecule has 30 heavy (non-hydrogen) atoms. The third-order valence-electron chi connectivity index (χ3n) is 5.01. The van der Waals surface area contributed by atoms with Gasteiger partial charge in [-0.25, -0.2) is 4.79 Å². The topological polar surface area (TPSA) is 89.9 Å². The smallest absolute Gasteiger partial charge is 0.349 e. The monoisotopic (exact) mass is 428 g/mol. The molecule has 0 aliphatic rings. The van der Waals surface area contributed by atoms with E-state index in [-0.39, 0.29) is 11.5 Å². The number of benzene rings is 3. The highest BCUT2D eigenvalue weighted by Gasteiger charge is 2.12. The lowest BCUT2D eigenvalue weighted by molar-refractivity contribution is -0.136. The van der Waals surface area contributed by atoms with Gasteiger partial charge in [0.05, 0.1) is 4.90 Å². The SMILES string of the molecule is CCC(CC)c1ccc(OCC(=O)Oc2ccc3cc(S(=O)(=O)O)ccc3c2)cc1. The zero-order valence-electron chi connectivity index (χ0n) is 16.9. The van der Waals surface area contributed by atoms with E-state index in [9.17, 15) is 13.2 Å². The second kappa shape index (κ2) is 9.28. The van der Waals surface area contributed by atoms with Crippen molar-refractivity contribution in [1.82, 2.24) is 0 Å². The zero-order chi connectivity index (χ0) is 21.7. The van der Waals surface area contributed by atoms with Crippen LogP contribution in [0.5, 0.6) is 11.5 Å². The summed E-state index contributed by atoms with van der Waals surface area (Å²) in [5.74, 6) is 0.885. The highest BCUT2D eigenvalue weighted by Crippen LogP contribution is 2.26. The third kappa shape index (κ3) is 5.37. The summed E-state index contributed by atoms with van der Waals surface area (Å²) < 4.78 is 42.4. The summed E-state index contributed by atoms with van der Waals surface area (Å²) in [6, 6.07) is 16.7. The van der Waals surface area contributed by atoms with Gasteiger partial charge in [0.25, 0.3) is 10.1 Å². The molecule has 7 heteroatoms. The van der Waals surface area contributed by atoms with Gasteiger partial charge in [0.1, 0.15) is 11.5 Å². The van der Waals surface area contributed by atoms with Gasteiger partial charge in [-0.2, -0.15) is 8.42 Å². The highest BCUT2D eigenvalue weighted by atomic mass is 32.2. The van der Waals surface area contributed by atoms with E-state index in [0.717, 1.165) is 12.8 Å². The van der Waals surface area contributed by atoms with Crippen molar-refractivity contribution in [3.8, 4) is 11.5 Å². The zero-order valence-corrected chi connectivity index (χ0v) is 17.7. The summed E-state index contributed by atoms with van der Waals surface area (Å²) in [4.78, 5) is 11.9. The van der Waals surface area contributed by atoms with Crippen molar-refractivity contribution in [3.05, 3.63) is 66.2 Å². The summed E-state index contributed by atoms with van der Waals surface area (Å²) in [7, 11) is -4.27. The molecule has 0 aliphatic heterocycles. The molecule has 6 nitrogen and oxygen atoms in total. The van der Waals surface area contributed by atoms with Crippen molar-refractivity contribution in [2.75, 3.05) is 6.61 Å². The van der Waals surface area contributed by atoms with Crippen molar-refractivity contribution in [2.45, 2.75) is 37.5 Å². The molecule has 3 rings (SSSR count). The van der Waals surface area contributed by atoms with Crippen LogP contribution in [-0.2, 0) is 14.9 Å². The molecule has 0 saturated carbocycles. The van der Waals surface area contributed by atoms with Crippen molar-refractivity contribution >= 4 is 26.9 Å². The number of esters is 1. The molecule has 0 heterocycles. The van der Waals surface area contributed by atoms with E-state index in [1.54, 1.807) is 18.2 Å². The number of carbonyl (C=O) groups is 1. The van der Waals surface area contributed by atoms with Crippen LogP contribution >= 0.6 is 0 Å². The van der Waals surface area contributed by atoms with Crippen LogP contribution in [0, 0.1) is 0 Å². The molecule has 1 N–H and O–H groups in total. The molecule has 158 valence electrons. The van der Waals surface area contributed by atoms with Crippen LogP contribution in [0.4, 0.5) is 0 Å². The van der Waals surface area contributed by atoms with E-state index in [4.69, 9.17) is 14.0 Å². The largest absolute Gasteiger partial charge is 0.482 e. The van der Waals surface area contributed by atoms with Gasteiger partial charge in [0.15, 0.2) is 6.61 Å². The average Bonchev–Trinajstić information content (AvgIpc) is 2.73. The first-order valence-electron chi connectivity index (χ1n) is 9.75. The molecule has 0 aromatic heterocycles. The minimum Gasteiger partial charge on any atom is -0.482 e. The van der Waals surface area contributed by atoms with Gasteiger partial charge >= 0.3 is 5.97 Å². The number of hydrogen-bond donors (Lipinski definition) is 1. The van der Waals surface area contributed by atoms with Gasteiger partial charge in [-0.15, -0.1) is 0 Å². The van der Waals surface area contributed by atoms with Crippen LogP contribution in [0.2, 0.25) is 0 Å². The van der Waals surface area contributed by atoms with E-state index in [1.807, 2.05) is 24.3 Å². The van der Waals surface area contributed by atoms with E-state index >= 15 is 0 Å². The standard InChI is InChI=1S/C23H24O6S/c1-3-16(4-2)17-5-9-20(10-6-17)28-15-23(24)29-21-11-7-19-14-22(30(25,26)27)12-8-18(19)13-21/h5-14,16H,3-4,15H2,1-2H3,(H,25,26,27). The van der Waals surface area contributed by atoms with Crippen LogP contribution in [-0.4, -0.2) is 25.5 Å². The Morgan fingerprint density at radius 2 is 1.50 bits per heavy atom. The Kier molecular flexibility index (Phi) is 6.74. The third-order valence-corrected chi connectivity index (χ3v) is 5.86. The van der Waals surface area contributed by atoms with E-state index in [1.165, 1.54) is 23.8 Å². The molecule has 0 fully saturated rings. The summed E-state index contributed by atoms with van der Waals surface area (Å²) in [5, 5.41) is 1.27. The fraction of sp³-hybridized carbons (Fsp3) is 0.261. The average molecular weight is 429 g/mol. The summed E-state index contributed by atoms with van der Waals surface area (Å²) in [5.41, 5.74) is 1.25. The molecular weight excluding hydrogens is 404 g/mol. The second-order valence-electron chi connectivity index (χ2n) is 6.99. The number of carbonyl (C=O) groups excluding carboxylic acids is 1. The summed E-state index contributed by atoms with van der Waals surface area (Å²) in [6.07, 6.45) is 2.15. The molecule has 3 aromatic carbocycles. The molecule has 3 aromatic rings. The van der Waals surface area contributed by atoms with Crippen molar-refractivity contribution in [1.29, 1.82) is 0 Å². The Bertz CT molecular complexity index is 1130. The van der Waals surface area contributed by atoms with E-state index in [2.05, 4.69) is 13.8 Å². The van der Waals surface area contributed by atoms with Gasteiger partial charge in [0.2, 0.25) is 0 Å². The lowest BCUT2D eigenvalue weighted by Gasteiger charge is -2.13. The number of hydrogen-bond acceptors (Lipinski definition) is 5. The maximum atomic E-state index is 12.1. The fourth-order valence-electron chi connectivity index (χ4n) is 3.33. The Balaban J connectivity index is 1.61. The van der Waals surface area contributed by atoms with E-state index in [0.29, 0.717) is 28.2 Å². The molecule has 0 saturated heterocycles. The first-order chi connectivity index (χ1) is 14.3. The predicted octanol–water partition coefficient (Wildman–Crippen LogP) is 4.97. The minimum atomic E-state index is -4.27. The maximum Gasteiger partial charge on any atom is 0.349 e. The number of rotatable bonds is 8. The number of ether oxygens (including phenoxy) is 2. The minimum absolute atomic E-state index is 0.191. The first-order valence-corrected chi connectivity index (χ1v) is 11.2. The quantitative estimate of drug-likeness (QED) is 0.309. The van der Waals surface area contributed by atoms with Crippen LogP contribution in [0.15, 0.2) is 65.6 Å². The Labute approximate surface area is 176 Å². The molecule has 0 spiro atoms. The Morgan fingerprint density at radius 3 is 2.13 bits per heavy atom. The number of fused-ring (bicyclic) bond motifs is 1. The fourth-order valence-corrected chi connectivity index (χ4v) is 3.84. The summed E-state index contributed by atoms with van der Waals surface area (Å²) >= 11 is 0. The van der Waals surface area contributed by atoms with Crippen LogP contribution in [0.25, 0.3) is 10.8 Å².